The second kappa shape index (κ2) is 11.4. The van der Waals surface area contributed by atoms with E-state index in [0.717, 1.165) is 44.7 Å². The highest BCUT2D eigenvalue weighted by Gasteiger charge is 2.30. The van der Waals surface area contributed by atoms with Crippen LogP contribution in [0.3, 0.4) is 0 Å². The fraction of sp³-hybridized carbons (Fsp3) is 0.500. The van der Waals surface area contributed by atoms with Crippen molar-refractivity contribution in [2.75, 3.05) is 38.7 Å². The van der Waals surface area contributed by atoms with Crippen molar-refractivity contribution in [3.05, 3.63) is 29.8 Å². The molecule has 0 unspecified atom stereocenters. The molecule has 1 aromatic rings. The van der Waals surface area contributed by atoms with Gasteiger partial charge in [0.1, 0.15) is 0 Å². The first-order chi connectivity index (χ1) is 13.5. The monoisotopic (exact) mass is 420 g/mol. The summed E-state index contributed by atoms with van der Waals surface area (Å²) in [6, 6.07) is 4.47. The number of carboxylic acids is 2. The Balaban J connectivity index is 0.000000612. The lowest BCUT2D eigenvalue weighted by atomic mass is 9.98. The van der Waals surface area contributed by atoms with Gasteiger partial charge in [-0.05, 0) is 56.1 Å². The zero-order chi connectivity index (χ0) is 22.0. The first-order valence-corrected chi connectivity index (χ1v) is 8.67. The van der Waals surface area contributed by atoms with E-state index in [-0.39, 0.29) is 12.5 Å². The molecule has 1 aliphatic heterocycles. The van der Waals surface area contributed by atoms with Crippen molar-refractivity contribution in [3.63, 3.8) is 0 Å². The van der Waals surface area contributed by atoms with E-state index < -0.39 is 23.7 Å². The number of likely N-dealkylation sites (tertiary alicyclic amines) is 1. The molecule has 0 atom stereocenters. The summed E-state index contributed by atoms with van der Waals surface area (Å²) in [4.78, 5) is 32.2. The van der Waals surface area contributed by atoms with Gasteiger partial charge in [0.25, 0.3) is 0 Å². The average molecular weight is 420 g/mol. The molecule has 29 heavy (non-hydrogen) atoms. The summed E-state index contributed by atoms with van der Waals surface area (Å²) in [7, 11) is 1.68. The van der Waals surface area contributed by atoms with Crippen molar-refractivity contribution in [2.24, 2.45) is 5.92 Å². The first-order valence-electron chi connectivity index (χ1n) is 8.67. The Labute approximate surface area is 165 Å². The molecule has 11 heteroatoms. The van der Waals surface area contributed by atoms with Crippen LogP contribution in [-0.2, 0) is 25.3 Å². The van der Waals surface area contributed by atoms with E-state index in [1.807, 2.05) is 4.90 Å². The van der Waals surface area contributed by atoms with Crippen LogP contribution in [-0.4, -0.2) is 66.3 Å². The van der Waals surface area contributed by atoms with E-state index in [4.69, 9.17) is 24.5 Å². The van der Waals surface area contributed by atoms with Crippen LogP contribution in [0, 0.1) is 5.92 Å². The maximum atomic E-state index is 12.5. The molecule has 0 spiro atoms. The van der Waals surface area contributed by atoms with Gasteiger partial charge in [0.15, 0.2) is 0 Å². The number of methoxy groups -OCH3 is 1. The summed E-state index contributed by atoms with van der Waals surface area (Å²) >= 11 is 0. The van der Waals surface area contributed by atoms with Gasteiger partial charge in [-0.15, -0.1) is 0 Å². The molecule has 1 amide bonds. The molecular weight excluding hydrogens is 397 g/mol. The Kier molecular flexibility index (Phi) is 9.56. The Hall–Kier alpha value is -2.66. The molecule has 1 aromatic carbocycles. The molecule has 1 heterocycles. The summed E-state index contributed by atoms with van der Waals surface area (Å²) < 4.78 is 42.6. The molecule has 0 aromatic heterocycles. The van der Waals surface area contributed by atoms with Gasteiger partial charge in [-0.25, -0.2) is 9.59 Å². The number of piperidine rings is 1. The first kappa shape index (κ1) is 24.4. The smallest absolute Gasteiger partial charge is 0.416 e. The third kappa shape index (κ3) is 9.39. The van der Waals surface area contributed by atoms with Crippen molar-refractivity contribution in [2.45, 2.75) is 19.0 Å². The highest BCUT2D eigenvalue weighted by atomic mass is 19.4. The van der Waals surface area contributed by atoms with Crippen LogP contribution in [0.4, 0.5) is 18.9 Å². The number of rotatable bonds is 5. The summed E-state index contributed by atoms with van der Waals surface area (Å²) in [5, 5.41) is 17.4. The normalized spacial score (nSPS) is 15.2. The fourth-order valence-electron chi connectivity index (χ4n) is 2.69. The van der Waals surface area contributed by atoms with Gasteiger partial charge in [0.2, 0.25) is 5.91 Å². The minimum atomic E-state index is -4.37. The van der Waals surface area contributed by atoms with Gasteiger partial charge < -0.3 is 20.3 Å². The topological polar surface area (TPSA) is 116 Å². The van der Waals surface area contributed by atoms with E-state index in [1.54, 1.807) is 7.11 Å². The van der Waals surface area contributed by atoms with Crippen LogP contribution in [0.15, 0.2) is 24.3 Å². The number of hydrogen-bond acceptors (Lipinski definition) is 5. The molecule has 0 radical (unpaired) electrons. The number of hydrogen-bond donors (Lipinski definition) is 3. The van der Waals surface area contributed by atoms with Crippen LogP contribution < -0.4 is 5.32 Å². The maximum Gasteiger partial charge on any atom is 0.416 e. The number of carbonyl (C=O) groups excluding carboxylic acids is 1. The second-order valence-corrected chi connectivity index (χ2v) is 6.41. The lowest BCUT2D eigenvalue weighted by molar-refractivity contribution is -0.159. The maximum absolute atomic E-state index is 12.5. The summed E-state index contributed by atoms with van der Waals surface area (Å²) in [5.41, 5.74) is -0.354. The number of halogens is 3. The van der Waals surface area contributed by atoms with Crippen molar-refractivity contribution < 1.29 is 42.5 Å². The lowest BCUT2D eigenvalue weighted by Gasteiger charge is -2.31. The van der Waals surface area contributed by atoms with Gasteiger partial charge in [-0.1, -0.05) is 0 Å². The van der Waals surface area contributed by atoms with E-state index in [1.165, 1.54) is 12.1 Å². The molecule has 8 nitrogen and oxygen atoms in total. The Morgan fingerprint density at radius 2 is 1.62 bits per heavy atom. The number of nitrogens with one attached hydrogen (secondary N) is 1. The predicted molar refractivity (Wildman–Crippen MR) is 96.4 cm³/mol. The van der Waals surface area contributed by atoms with Crippen LogP contribution in [0.5, 0.6) is 0 Å². The number of alkyl halides is 3. The van der Waals surface area contributed by atoms with Gasteiger partial charge in [-0.3, -0.25) is 9.69 Å². The lowest BCUT2D eigenvalue weighted by Crippen LogP contribution is -2.40. The van der Waals surface area contributed by atoms with E-state index >= 15 is 0 Å². The molecule has 1 aliphatic rings. The summed E-state index contributed by atoms with van der Waals surface area (Å²) in [5.74, 6) is -3.32. The van der Waals surface area contributed by atoms with Crippen molar-refractivity contribution in [3.8, 4) is 0 Å². The van der Waals surface area contributed by atoms with Gasteiger partial charge in [0.05, 0.1) is 12.1 Å². The third-order valence-electron chi connectivity index (χ3n) is 4.16. The standard InChI is InChI=1S/C16H21F3N2O2.C2H2O4/c1-23-11-12-6-8-21(9-7-12)10-15(22)20-14-4-2-13(3-5-14)16(17,18)19;3-1(4)2(5)6/h2-5,12H,6-11H2,1H3,(H,20,22);(H,3,4)(H,5,6). The number of nitrogens with zero attached hydrogens (tertiary/aromatic N) is 1. The summed E-state index contributed by atoms with van der Waals surface area (Å²) in [6.07, 6.45) is -2.39. The number of amides is 1. The minimum absolute atomic E-state index is 0.213. The van der Waals surface area contributed by atoms with Crippen molar-refractivity contribution in [1.29, 1.82) is 0 Å². The number of carbonyl (C=O) groups is 3. The van der Waals surface area contributed by atoms with E-state index in [9.17, 15) is 18.0 Å². The fourth-order valence-corrected chi connectivity index (χ4v) is 2.69. The predicted octanol–water partition coefficient (Wildman–Crippen LogP) is 2.16. The number of anilines is 1. The Morgan fingerprint density at radius 3 is 2.03 bits per heavy atom. The molecule has 2 rings (SSSR count). The molecular formula is C18H23F3N2O6. The zero-order valence-electron chi connectivity index (χ0n) is 15.7. The number of aliphatic carboxylic acids is 2. The number of carboxylic acid groups (broad SMARTS) is 2. The largest absolute Gasteiger partial charge is 0.473 e. The Morgan fingerprint density at radius 1 is 1.10 bits per heavy atom. The highest BCUT2D eigenvalue weighted by Crippen LogP contribution is 2.29. The van der Waals surface area contributed by atoms with E-state index in [0.29, 0.717) is 11.6 Å². The quantitative estimate of drug-likeness (QED) is 0.625. The van der Waals surface area contributed by atoms with Gasteiger partial charge in [0, 0.05) is 19.4 Å². The van der Waals surface area contributed by atoms with Gasteiger partial charge >= 0.3 is 18.1 Å². The molecule has 162 valence electrons. The van der Waals surface area contributed by atoms with Crippen molar-refractivity contribution in [1.82, 2.24) is 4.90 Å². The van der Waals surface area contributed by atoms with E-state index in [2.05, 4.69) is 5.32 Å². The molecule has 0 bridgehead atoms. The summed E-state index contributed by atoms with van der Waals surface area (Å²) in [6.45, 7) is 2.65. The number of ether oxygens (including phenoxy) is 1. The Bertz CT molecular complexity index is 674. The molecule has 1 fully saturated rings. The number of benzene rings is 1. The minimum Gasteiger partial charge on any atom is -0.473 e. The van der Waals surface area contributed by atoms with Crippen LogP contribution in [0.2, 0.25) is 0 Å². The molecule has 0 saturated carbocycles. The third-order valence-corrected chi connectivity index (χ3v) is 4.16. The van der Waals surface area contributed by atoms with Crippen LogP contribution in [0.25, 0.3) is 0 Å². The van der Waals surface area contributed by atoms with Gasteiger partial charge in [-0.2, -0.15) is 13.2 Å². The SMILES string of the molecule is COCC1CCN(CC(=O)Nc2ccc(C(F)(F)F)cc2)CC1.O=C(O)C(=O)O. The molecule has 1 saturated heterocycles. The average Bonchev–Trinajstić information content (AvgIpc) is 2.63. The molecule has 3 N–H and O–H groups in total. The van der Waals surface area contributed by atoms with Crippen LogP contribution in [0.1, 0.15) is 18.4 Å². The highest BCUT2D eigenvalue weighted by molar-refractivity contribution is 6.27. The van der Waals surface area contributed by atoms with Crippen molar-refractivity contribution >= 4 is 23.5 Å². The van der Waals surface area contributed by atoms with Crippen LogP contribution >= 0.6 is 0 Å². The second-order valence-electron chi connectivity index (χ2n) is 6.41. The zero-order valence-corrected chi connectivity index (χ0v) is 15.7. The molecule has 0 aliphatic carbocycles.